The standard InChI is InChI=1S/C19H20N2O2/c1-10-4-2-3-5-15(10)20-9-21-18(22)16-11-6-7-12(14-8-13(11)14)17(16)19(21)23/h2-7,11-14,16-17,20H,8-9H2,1H3/t11-,12-,13-,14-,16-,17+/m1/s1. The van der Waals surface area contributed by atoms with Crippen molar-refractivity contribution < 1.29 is 9.59 Å². The van der Waals surface area contributed by atoms with Crippen LogP contribution in [-0.2, 0) is 9.59 Å². The monoisotopic (exact) mass is 308 g/mol. The van der Waals surface area contributed by atoms with Crippen molar-refractivity contribution in [1.29, 1.82) is 0 Å². The number of carbonyl (C=O) groups is 2. The number of hydrogen-bond donors (Lipinski definition) is 1. The fourth-order valence-corrected chi connectivity index (χ4v) is 5.11. The first-order chi connectivity index (χ1) is 11.2. The van der Waals surface area contributed by atoms with Crippen molar-refractivity contribution in [2.45, 2.75) is 13.3 Å². The number of carbonyl (C=O) groups excluding carboxylic acids is 2. The van der Waals surface area contributed by atoms with Crippen molar-refractivity contribution in [3.63, 3.8) is 0 Å². The molecule has 1 N–H and O–H groups in total. The van der Waals surface area contributed by atoms with Gasteiger partial charge in [0.1, 0.15) is 0 Å². The van der Waals surface area contributed by atoms with Crippen molar-refractivity contribution in [2.24, 2.45) is 35.5 Å². The van der Waals surface area contributed by atoms with Crippen LogP contribution >= 0.6 is 0 Å². The lowest BCUT2D eigenvalue weighted by atomic mass is 9.63. The van der Waals surface area contributed by atoms with E-state index in [2.05, 4.69) is 17.5 Å². The highest BCUT2D eigenvalue weighted by Gasteiger charge is 2.66. The molecule has 2 saturated carbocycles. The predicted molar refractivity (Wildman–Crippen MR) is 86.2 cm³/mol. The molecule has 0 radical (unpaired) electrons. The quantitative estimate of drug-likeness (QED) is 0.689. The molecule has 1 saturated heterocycles. The maximum atomic E-state index is 12.8. The summed E-state index contributed by atoms with van der Waals surface area (Å²) in [6, 6.07) is 7.94. The second-order valence-electron chi connectivity index (χ2n) is 7.41. The summed E-state index contributed by atoms with van der Waals surface area (Å²) in [5.74, 6) is 1.79. The molecule has 4 aliphatic carbocycles. The van der Waals surface area contributed by atoms with Crippen LogP contribution in [0.1, 0.15) is 12.0 Å². The zero-order valence-corrected chi connectivity index (χ0v) is 13.1. The Morgan fingerprint density at radius 1 is 1.04 bits per heavy atom. The van der Waals surface area contributed by atoms with Gasteiger partial charge in [-0.25, -0.2) is 0 Å². The molecule has 23 heavy (non-hydrogen) atoms. The number of imide groups is 1. The summed E-state index contributed by atoms with van der Waals surface area (Å²) in [5, 5.41) is 3.26. The van der Waals surface area contributed by atoms with Crippen molar-refractivity contribution >= 4 is 17.5 Å². The van der Waals surface area contributed by atoms with Crippen molar-refractivity contribution in [2.75, 3.05) is 12.0 Å². The van der Waals surface area contributed by atoms with Crippen LogP contribution in [-0.4, -0.2) is 23.4 Å². The number of hydrogen-bond acceptors (Lipinski definition) is 3. The fourth-order valence-electron chi connectivity index (χ4n) is 5.11. The van der Waals surface area contributed by atoms with Gasteiger partial charge in [-0.2, -0.15) is 0 Å². The van der Waals surface area contributed by atoms with E-state index >= 15 is 0 Å². The Morgan fingerprint density at radius 3 is 2.26 bits per heavy atom. The van der Waals surface area contributed by atoms with Gasteiger partial charge in [-0.1, -0.05) is 30.4 Å². The number of nitrogens with one attached hydrogen (secondary N) is 1. The lowest BCUT2D eigenvalue weighted by molar-refractivity contribution is -0.139. The SMILES string of the molecule is Cc1ccccc1NCN1C(=O)[C@@H]2[C@@H]3C=C[C@H]([C@H]4C[C@H]34)[C@@H]2C1=O. The van der Waals surface area contributed by atoms with Crippen LogP contribution in [0.4, 0.5) is 5.69 Å². The summed E-state index contributed by atoms with van der Waals surface area (Å²) in [6.07, 6.45) is 5.63. The number of allylic oxidation sites excluding steroid dienone is 2. The number of benzene rings is 1. The van der Waals surface area contributed by atoms with E-state index in [1.165, 1.54) is 11.3 Å². The molecule has 0 aromatic heterocycles. The number of nitrogens with zero attached hydrogens (tertiary/aromatic N) is 1. The first kappa shape index (κ1) is 13.3. The van der Waals surface area contributed by atoms with Gasteiger partial charge in [0.25, 0.3) is 0 Å². The van der Waals surface area contributed by atoms with E-state index in [0.29, 0.717) is 23.7 Å². The first-order valence-electron chi connectivity index (χ1n) is 8.50. The van der Waals surface area contributed by atoms with Crippen LogP contribution in [0, 0.1) is 42.4 Å². The molecule has 1 aliphatic heterocycles. The Morgan fingerprint density at radius 2 is 1.65 bits per heavy atom. The van der Waals surface area contributed by atoms with Gasteiger partial charge in [0.2, 0.25) is 11.8 Å². The van der Waals surface area contributed by atoms with Gasteiger partial charge in [-0.05, 0) is 48.6 Å². The molecular weight excluding hydrogens is 288 g/mol. The number of amides is 2. The number of rotatable bonds is 3. The van der Waals surface area contributed by atoms with Crippen molar-refractivity contribution in [1.82, 2.24) is 4.90 Å². The highest BCUT2D eigenvalue weighted by Crippen LogP contribution is 2.65. The molecule has 6 atom stereocenters. The molecule has 0 unspecified atom stereocenters. The maximum absolute atomic E-state index is 12.8. The molecule has 4 heteroatoms. The van der Waals surface area contributed by atoms with Gasteiger partial charge in [-0.3, -0.25) is 14.5 Å². The average Bonchev–Trinajstić information content (AvgIpc) is 3.33. The van der Waals surface area contributed by atoms with Gasteiger partial charge >= 0.3 is 0 Å². The largest absolute Gasteiger partial charge is 0.367 e. The zero-order chi connectivity index (χ0) is 15.7. The van der Waals surface area contributed by atoms with Crippen LogP contribution in [0.2, 0.25) is 0 Å². The molecular formula is C19H20N2O2. The first-order valence-corrected chi connectivity index (χ1v) is 8.50. The number of aryl methyl sites for hydroxylation is 1. The maximum Gasteiger partial charge on any atom is 0.235 e. The smallest absolute Gasteiger partial charge is 0.235 e. The van der Waals surface area contributed by atoms with E-state index in [9.17, 15) is 9.59 Å². The van der Waals surface area contributed by atoms with E-state index in [0.717, 1.165) is 11.3 Å². The van der Waals surface area contributed by atoms with E-state index in [1.807, 2.05) is 31.2 Å². The summed E-state index contributed by atoms with van der Waals surface area (Å²) in [4.78, 5) is 27.1. The van der Waals surface area contributed by atoms with Crippen LogP contribution in [0.15, 0.2) is 36.4 Å². The molecule has 5 aliphatic rings. The highest BCUT2D eigenvalue weighted by molar-refractivity contribution is 6.06. The predicted octanol–water partition coefficient (Wildman–Crippen LogP) is 2.42. The van der Waals surface area contributed by atoms with Crippen molar-refractivity contribution in [3.8, 4) is 0 Å². The van der Waals surface area contributed by atoms with E-state index in [4.69, 9.17) is 0 Å². The molecule has 3 fully saturated rings. The molecule has 0 spiro atoms. The third kappa shape index (κ3) is 1.72. The number of para-hydroxylation sites is 1. The lowest BCUT2D eigenvalue weighted by Crippen LogP contribution is -2.40. The van der Waals surface area contributed by atoms with Gasteiger partial charge in [0.15, 0.2) is 0 Å². The number of anilines is 1. The highest BCUT2D eigenvalue weighted by atomic mass is 16.2. The molecule has 2 amide bonds. The van der Waals surface area contributed by atoms with Crippen LogP contribution in [0.25, 0.3) is 0 Å². The van der Waals surface area contributed by atoms with Crippen LogP contribution < -0.4 is 5.32 Å². The van der Waals surface area contributed by atoms with Gasteiger partial charge in [0, 0.05) is 5.69 Å². The third-order valence-electron chi connectivity index (χ3n) is 6.33. The Kier molecular flexibility index (Phi) is 2.59. The summed E-state index contributed by atoms with van der Waals surface area (Å²) in [5.41, 5.74) is 2.10. The molecule has 1 aromatic rings. The second kappa shape index (κ2) is 4.47. The Labute approximate surface area is 135 Å². The second-order valence-corrected chi connectivity index (χ2v) is 7.41. The Hall–Kier alpha value is -2.10. The molecule has 2 bridgehead atoms. The van der Waals surface area contributed by atoms with E-state index < -0.39 is 0 Å². The Bertz CT molecular complexity index is 705. The van der Waals surface area contributed by atoms with Crippen LogP contribution in [0.5, 0.6) is 0 Å². The topological polar surface area (TPSA) is 49.4 Å². The third-order valence-corrected chi connectivity index (χ3v) is 6.33. The Balaban J connectivity index is 1.38. The average molecular weight is 308 g/mol. The molecule has 118 valence electrons. The minimum atomic E-state index is -0.0973. The summed E-state index contributed by atoms with van der Waals surface area (Å²) < 4.78 is 0. The molecule has 1 heterocycles. The van der Waals surface area contributed by atoms with Crippen molar-refractivity contribution in [3.05, 3.63) is 42.0 Å². The minimum Gasteiger partial charge on any atom is -0.367 e. The zero-order valence-electron chi connectivity index (χ0n) is 13.1. The molecule has 1 aromatic carbocycles. The summed E-state index contributed by atoms with van der Waals surface area (Å²) >= 11 is 0. The van der Waals surface area contributed by atoms with Gasteiger partial charge in [0.05, 0.1) is 18.5 Å². The van der Waals surface area contributed by atoms with Gasteiger partial charge < -0.3 is 5.32 Å². The van der Waals surface area contributed by atoms with Crippen LogP contribution in [0.3, 0.4) is 0 Å². The van der Waals surface area contributed by atoms with E-state index in [1.54, 1.807) is 0 Å². The fraction of sp³-hybridized carbons (Fsp3) is 0.474. The lowest BCUT2D eigenvalue weighted by Gasteiger charge is -2.37. The van der Waals surface area contributed by atoms with E-state index in [-0.39, 0.29) is 30.3 Å². The normalized spacial score (nSPS) is 39.4. The summed E-state index contributed by atoms with van der Waals surface area (Å²) in [7, 11) is 0. The molecule has 6 rings (SSSR count). The van der Waals surface area contributed by atoms with Gasteiger partial charge in [-0.15, -0.1) is 0 Å². The molecule has 4 nitrogen and oxygen atoms in total. The number of likely N-dealkylation sites (tertiary alicyclic amines) is 1. The minimum absolute atomic E-state index is 0.0331. The summed E-state index contributed by atoms with van der Waals surface area (Å²) in [6.45, 7) is 2.30.